The first-order valence-electron chi connectivity index (χ1n) is 8.66. The van der Waals surface area contributed by atoms with E-state index in [-0.39, 0.29) is 18.2 Å². The molecule has 0 heterocycles. The first-order valence-corrected chi connectivity index (χ1v) is 8.66. The first-order chi connectivity index (χ1) is 13.0. The molecule has 1 amide bonds. The quantitative estimate of drug-likeness (QED) is 0.622. The maximum absolute atomic E-state index is 12.3. The van der Waals surface area contributed by atoms with Crippen molar-refractivity contribution >= 4 is 5.91 Å². The Kier molecular flexibility index (Phi) is 7.85. The summed E-state index contributed by atoms with van der Waals surface area (Å²) in [5.41, 5.74) is 1.20. The second kappa shape index (κ2) is 10.4. The molecule has 146 valence electrons. The summed E-state index contributed by atoms with van der Waals surface area (Å²) in [6.45, 7) is 0.0570. The van der Waals surface area contributed by atoms with Crippen molar-refractivity contribution in [3.8, 4) is 17.2 Å². The summed E-state index contributed by atoms with van der Waals surface area (Å²) in [6, 6.07) is 11.1. The van der Waals surface area contributed by atoms with Crippen LogP contribution in [-0.2, 0) is 6.54 Å². The third-order valence-corrected chi connectivity index (χ3v) is 3.78. The molecule has 0 spiro atoms. The molecule has 0 bridgehead atoms. The van der Waals surface area contributed by atoms with Crippen molar-refractivity contribution in [2.24, 2.45) is 0 Å². The van der Waals surface area contributed by atoms with Crippen molar-refractivity contribution in [1.29, 1.82) is 0 Å². The molecule has 0 radical (unpaired) electrons. The van der Waals surface area contributed by atoms with E-state index in [0.717, 1.165) is 18.4 Å². The van der Waals surface area contributed by atoms with E-state index in [9.17, 15) is 13.6 Å². The second-order valence-electron chi connectivity index (χ2n) is 5.77. The minimum atomic E-state index is -2.86. The Labute approximate surface area is 157 Å². The van der Waals surface area contributed by atoms with E-state index in [1.54, 1.807) is 30.3 Å². The van der Waals surface area contributed by atoms with Gasteiger partial charge in [-0.1, -0.05) is 25.5 Å². The number of hydrogen-bond donors (Lipinski definition) is 1. The fraction of sp³-hybridized carbons (Fsp3) is 0.350. The van der Waals surface area contributed by atoms with Crippen molar-refractivity contribution in [2.75, 3.05) is 13.7 Å². The summed E-state index contributed by atoms with van der Waals surface area (Å²) in [5, 5.41) is 2.77. The van der Waals surface area contributed by atoms with Crippen molar-refractivity contribution in [2.45, 2.75) is 32.9 Å². The van der Waals surface area contributed by atoms with E-state index >= 15 is 0 Å². The Morgan fingerprint density at radius 2 is 1.85 bits per heavy atom. The summed E-state index contributed by atoms with van der Waals surface area (Å²) < 4.78 is 39.5. The number of rotatable bonds is 10. The summed E-state index contributed by atoms with van der Waals surface area (Å²) in [6.07, 6.45) is 1.96. The van der Waals surface area contributed by atoms with Crippen LogP contribution in [0.25, 0.3) is 0 Å². The molecule has 5 nitrogen and oxygen atoms in total. The van der Waals surface area contributed by atoms with Crippen molar-refractivity contribution in [1.82, 2.24) is 5.32 Å². The molecule has 0 aromatic heterocycles. The van der Waals surface area contributed by atoms with Crippen LogP contribution >= 0.6 is 0 Å². The van der Waals surface area contributed by atoms with Gasteiger partial charge in [-0.25, -0.2) is 0 Å². The van der Waals surface area contributed by atoms with Gasteiger partial charge in [-0.3, -0.25) is 4.79 Å². The molecule has 0 saturated carbocycles. The maximum atomic E-state index is 12.3. The number of nitrogens with one attached hydrogen (secondary N) is 1. The molecule has 0 saturated heterocycles. The highest BCUT2D eigenvalue weighted by Gasteiger charge is 2.11. The second-order valence-corrected chi connectivity index (χ2v) is 5.77. The average molecular weight is 379 g/mol. The Balaban J connectivity index is 1.95. The number of carbonyl (C=O) groups excluding carboxylic acids is 1. The van der Waals surface area contributed by atoms with E-state index in [2.05, 4.69) is 17.0 Å². The van der Waals surface area contributed by atoms with Crippen LogP contribution in [-0.4, -0.2) is 26.2 Å². The van der Waals surface area contributed by atoms with Gasteiger partial charge in [0.2, 0.25) is 0 Å². The maximum Gasteiger partial charge on any atom is 0.387 e. The lowest BCUT2D eigenvalue weighted by Crippen LogP contribution is -2.22. The lowest BCUT2D eigenvalue weighted by molar-refractivity contribution is -0.0498. The SMILES string of the molecule is CCCCOc1ccc(C(=O)NCc2ccc(OC(F)F)cc2)cc1OC. The Hall–Kier alpha value is -2.83. The number of methoxy groups -OCH3 is 1. The lowest BCUT2D eigenvalue weighted by atomic mass is 10.1. The van der Waals surface area contributed by atoms with E-state index < -0.39 is 6.61 Å². The Morgan fingerprint density at radius 1 is 1.11 bits per heavy atom. The molecule has 0 atom stereocenters. The van der Waals surface area contributed by atoms with Gasteiger partial charge in [-0.2, -0.15) is 8.78 Å². The molecule has 7 heteroatoms. The highest BCUT2D eigenvalue weighted by Crippen LogP contribution is 2.28. The minimum Gasteiger partial charge on any atom is -0.493 e. The third kappa shape index (κ3) is 6.44. The van der Waals surface area contributed by atoms with E-state index in [0.29, 0.717) is 23.7 Å². The van der Waals surface area contributed by atoms with Crippen LogP contribution in [0.2, 0.25) is 0 Å². The topological polar surface area (TPSA) is 56.8 Å². The third-order valence-electron chi connectivity index (χ3n) is 3.78. The van der Waals surface area contributed by atoms with Crippen LogP contribution in [0.4, 0.5) is 8.78 Å². The van der Waals surface area contributed by atoms with Crippen molar-refractivity contribution in [3.63, 3.8) is 0 Å². The molecule has 0 aliphatic carbocycles. The number of unbranched alkanes of at least 4 members (excludes halogenated alkanes) is 1. The zero-order valence-electron chi connectivity index (χ0n) is 15.3. The number of ether oxygens (including phenoxy) is 3. The van der Waals surface area contributed by atoms with Crippen LogP contribution in [0.5, 0.6) is 17.2 Å². The molecule has 1 N–H and O–H groups in total. The van der Waals surface area contributed by atoms with Crippen LogP contribution in [0.1, 0.15) is 35.7 Å². The number of halogens is 2. The molecular formula is C20H23F2NO4. The van der Waals surface area contributed by atoms with Crippen LogP contribution in [0.15, 0.2) is 42.5 Å². The fourth-order valence-corrected chi connectivity index (χ4v) is 2.33. The highest BCUT2D eigenvalue weighted by molar-refractivity contribution is 5.94. The van der Waals surface area contributed by atoms with Gasteiger partial charge in [-0.15, -0.1) is 0 Å². The molecule has 0 aliphatic heterocycles. The fourth-order valence-electron chi connectivity index (χ4n) is 2.33. The standard InChI is InChI=1S/C20H23F2NO4/c1-3-4-11-26-17-10-7-15(12-18(17)25-2)19(24)23-13-14-5-8-16(9-6-14)27-20(21)22/h5-10,12,20H,3-4,11,13H2,1-2H3,(H,23,24). The summed E-state index contributed by atoms with van der Waals surface area (Å²) in [5.74, 6) is 0.883. The van der Waals surface area contributed by atoms with Gasteiger partial charge in [0.25, 0.3) is 5.91 Å². The average Bonchev–Trinajstić information content (AvgIpc) is 2.67. The Morgan fingerprint density at radius 3 is 2.48 bits per heavy atom. The number of alkyl halides is 2. The zero-order valence-corrected chi connectivity index (χ0v) is 15.3. The van der Waals surface area contributed by atoms with Gasteiger partial charge in [0.1, 0.15) is 5.75 Å². The van der Waals surface area contributed by atoms with Crippen molar-refractivity contribution in [3.05, 3.63) is 53.6 Å². The number of benzene rings is 2. The molecule has 0 unspecified atom stereocenters. The predicted octanol–water partition coefficient (Wildman–Crippen LogP) is 4.41. The van der Waals surface area contributed by atoms with Gasteiger partial charge >= 0.3 is 6.61 Å². The molecule has 0 aliphatic rings. The number of carbonyl (C=O) groups is 1. The molecule has 27 heavy (non-hydrogen) atoms. The summed E-state index contributed by atoms with van der Waals surface area (Å²) >= 11 is 0. The van der Waals surface area contributed by atoms with Crippen LogP contribution in [0, 0.1) is 0 Å². The number of hydrogen-bond acceptors (Lipinski definition) is 4. The van der Waals surface area contributed by atoms with Gasteiger partial charge in [0.15, 0.2) is 11.5 Å². The molecule has 2 aromatic carbocycles. The van der Waals surface area contributed by atoms with Crippen molar-refractivity contribution < 1.29 is 27.8 Å². The van der Waals surface area contributed by atoms with Gasteiger partial charge < -0.3 is 19.5 Å². The summed E-state index contributed by atoms with van der Waals surface area (Å²) in [4.78, 5) is 12.3. The van der Waals surface area contributed by atoms with Gasteiger partial charge in [0.05, 0.1) is 13.7 Å². The monoisotopic (exact) mass is 379 g/mol. The predicted molar refractivity (Wildman–Crippen MR) is 97.6 cm³/mol. The molecule has 2 aromatic rings. The van der Waals surface area contributed by atoms with Crippen LogP contribution in [0.3, 0.4) is 0 Å². The van der Waals surface area contributed by atoms with E-state index in [1.807, 2.05) is 0 Å². The highest BCUT2D eigenvalue weighted by atomic mass is 19.3. The number of amides is 1. The zero-order chi connectivity index (χ0) is 19.6. The van der Waals surface area contributed by atoms with Gasteiger partial charge in [0, 0.05) is 12.1 Å². The lowest BCUT2D eigenvalue weighted by Gasteiger charge is -2.12. The molecular weight excluding hydrogens is 356 g/mol. The first kappa shape index (κ1) is 20.5. The van der Waals surface area contributed by atoms with Crippen LogP contribution < -0.4 is 19.5 Å². The smallest absolute Gasteiger partial charge is 0.387 e. The van der Waals surface area contributed by atoms with E-state index in [1.165, 1.54) is 19.2 Å². The largest absolute Gasteiger partial charge is 0.493 e. The minimum absolute atomic E-state index is 0.0727. The van der Waals surface area contributed by atoms with Gasteiger partial charge in [-0.05, 0) is 42.3 Å². The van der Waals surface area contributed by atoms with E-state index in [4.69, 9.17) is 9.47 Å². The molecule has 0 fully saturated rings. The normalized spacial score (nSPS) is 10.6. The summed E-state index contributed by atoms with van der Waals surface area (Å²) in [7, 11) is 1.52. The Bertz CT molecular complexity index is 735. The molecule has 2 rings (SSSR count).